The molecular weight excluding hydrogens is 227 g/mol. The molecule has 0 radical (unpaired) electrons. The fraction of sp³-hybridized carbons (Fsp3) is 0.625. The van der Waals surface area contributed by atoms with Gasteiger partial charge in [-0.25, -0.2) is 0 Å². The molecule has 0 saturated carbocycles. The summed E-state index contributed by atoms with van der Waals surface area (Å²) in [6, 6.07) is 11.5. The van der Waals surface area contributed by atoms with Gasteiger partial charge in [0.2, 0.25) is 0 Å². The minimum Gasteiger partial charge on any atom is -0.652 e. The van der Waals surface area contributed by atoms with E-state index >= 15 is 0 Å². The molecule has 19 heavy (non-hydrogen) atoms. The fourth-order valence-electron chi connectivity index (χ4n) is 2.66. The van der Waals surface area contributed by atoms with E-state index in [2.05, 4.69) is 49.1 Å². The second-order valence-corrected chi connectivity index (χ2v) is 5.53. The maximum absolute atomic E-state index is 4.90. The summed E-state index contributed by atoms with van der Waals surface area (Å²) in [4.78, 5) is 2.58. The Hall–Kier alpha value is -0.263. The summed E-state index contributed by atoms with van der Waals surface area (Å²) < 4.78 is 0. The quantitative estimate of drug-likeness (QED) is 0.715. The van der Waals surface area contributed by atoms with Crippen LogP contribution in [-0.4, -0.2) is 30.6 Å². The molecule has 1 heterocycles. The Morgan fingerprint density at radius 3 is 2.26 bits per heavy atom. The zero-order valence-corrected chi connectivity index (χ0v) is 12.7. The fourth-order valence-corrected chi connectivity index (χ4v) is 2.66. The van der Waals surface area contributed by atoms with Crippen LogP contribution in [0.25, 0.3) is 5.32 Å². The monoisotopic (exact) mass is 252 g/mol. The smallest absolute Gasteiger partial charge is 0.652 e. The molecule has 1 atom stereocenters. The topological polar surface area (TPSA) is 17.3 Å². The molecule has 3 heteroatoms. The third kappa shape index (κ3) is 5.71. The SMILES string of the molecule is CC(C)[N-][C@H](CN1CCCCC1)c1ccccc1.[Li+]. The Bertz CT molecular complexity index is 334. The zero-order valence-electron chi connectivity index (χ0n) is 12.7. The Morgan fingerprint density at radius 2 is 1.68 bits per heavy atom. The van der Waals surface area contributed by atoms with Gasteiger partial charge in [-0.15, -0.1) is 6.04 Å². The van der Waals surface area contributed by atoms with Crippen molar-refractivity contribution in [2.75, 3.05) is 19.6 Å². The molecule has 2 nitrogen and oxygen atoms in total. The summed E-state index contributed by atoms with van der Waals surface area (Å²) in [5, 5.41) is 4.90. The van der Waals surface area contributed by atoms with E-state index in [1.807, 2.05) is 0 Å². The maximum Gasteiger partial charge on any atom is 1.00 e. The molecule has 0 aromatic heterocycles. The molecule has 1 aliphatic heterocycles. The molecule has 0 amide bonds. The van der Waals surface area contributed by atoms with Crippen LogP contribution in [0.1, 0.15) is 44.7 Å². The summed E-state index contributed by atoms with van der Waals surface area (Å²) in [7, 11) is 0. The third-order valence-electron chi connectivity index (χ3n) is 3.54. The number of piperidine rings is 1. The molecule has 100 valence electrons. The van der Waals surface area contributed by atoms with Crippen LogP contribution >= 0.6 is 0 Å². The van der Waals surface area contributed by atoms with Gasteiger partial charge in [-0.1, -0.05) is 62.2 Å². The first-order valence-corrected chi connectivity index (χ1v) is 7.23. The second kappa shape index (κ2) is 8.82. The number of nitrogens with zero attached hydrogens (tertiary/aromatic N) is 2. The van der Waals surface area contributed by atoms with Crippen LogP contribution in [-0.2, 0) is 0 Å². The molecule has 2 rings (SSSR count). The Morgan fingerprint density at radius 1 is 1.05 bits per heavy atom. The minimum atomic E-state index is 0. The molecule has 1 aromatic carbocycles. The molecular formula is C16H25LiN2. The number of hydrogen-bond acceptors (Lipinski definition) is 1. The molecule has 0 aliphatic carbocycles. The van der Waals surface area contributed by atoms with Crippen LogP contribution in [0.5, 0.6) is 0 Å². The standard InChI is InChI=1S/C16H25N2.Li/c1-14(2)17-16(15-9-5-3-6-10-15)13-18-11-7-4-8-12-18;/h3,5-6,9-10,14,16H,4,7-8,11-13H2,1-2H3;/q-1;+1/t16-;/m1./s1. The van der Waals surface area contributed by atoms with E-state index in [0.717, 1.165) is 6.54 Å². The molecule has 0 N–H and O–H groups in total. The van der Waals surface area contributed by atoms with Gasteiger partial charge in [-0.05, 0) is 32.5 Å². The van der Waals surface area contributed by atoms with Gasteiger partial charge >= 0.3 is 18.9 Å². The van der Waals surface area contributed by atoms with Crippen molar-refractivity contribution < 1.29 is 18.9 Å². The van der Waals surface area contributed by atoms with E-state index in [1.165, 1.54) is 37.9 Å². The van der Waals surface area contributed by atoms with E-state index in [4.69, 9.17) is 5.32 Å². The van der Waals surface area contributed by atoms with Crippen LogP contribution in [0.4, 0.5) is 0 Å². The summed E-state index contributed by atoms with van der Waals surface area (Å²) >= 11 is 0. The normalized spacial score (nSPS) is 18.1. The van der Waals surface area contributed by atoms with E-state index in [9.17, 15) is 0 Å². The largest absolute Gasteiger partial charge is 1.00 e. The van der Waals surface area contributed by atoms with Crippen molar-refractivity contribution in [2.45, 2.75) is 45.2 Å². The molecule has 0 bridgehead atoms. The van der Waals surface area contributed by atoms with Crippen molar-refractivity contribution in [3.8, 4) is 0 Å². The van der Waals surface area contributed by atoms with Crippen LogP contribution in [0.15, 0.2) is 30.3 Å². The van der Waals surface area contributed by atoms with Crippen molar-refractivity contribution >= 4 is 0 Å². The van der Waals surface area contributed by atoms with Gasteiger partial charge in [0.15, 0.2) is 0 Å². The molecule has 0 spiro atoms. The summed E-state index contributed by atoms with van der Waals surface area (Å²) in [5.74, 6) is 0. The number of likely N-dealkylation sites (tertiary alicyclic amines) is 1. The van der Waals surface area contributed by atoms with E-state index < -0.39 is 0 Å². The Balaban J connectivity index is 0.00000180. The van der Waals surface area contributed by atoms with E-state index in [0.29, 0.717) is 12.1 Å². The summed E-state index contributed by atoms with van der Waals surface area (Å²) in [5.41, 5.74) is 1.36. The van der Waals surface area contributed by atoms with Crippen LogP contribution in [0.3, 0.4) is 0 Å². The molecule has 0 unspecified atom stereocenters. The van der Waals surface area contributed by atoms with Crippen LogP contribution in [0, 0.1) is 0 Å². The van der Waals surface area contributed by atoms with E-state index in [-0.39, 0.29) is 18.9 Å². The predicted molar refractivity (Wildman–Crippen MR) is 78.0 cm³/mol. The van der Waals surface area contributed by atoms with Crippen LogP contribution < -0.4 is 18.9 Å². The summed E-state index contributed by atoms with van der Waals surface area (Å²) in [6.07, 6.45) is 4.10. The molecule has 1 aliphatic rings. The van der Waals surface area contributed by atoms with Crippen molar-refractivity contribution in [2.24, 2.45) is 0 Å². The first-order valence-electron chi connectivity index (χ1n) is 7.23. The molecule has 1 saturated heterocycles. The van der Waals surface area contributed by atoms with Gasteiger partial charge in [-0.3, -0.25) is 0 Å². The van der Waals surface area contributed by atoms with Gasteiger partial charge in [-0.2, -0.15) is 0 Å². The number of hydrogen-bond donors (Lipinski definition) is 0. The number of benzene rings is 1. The first-order chi connectivity index (χ1) is 8.75. The second-order valence-electron chi connectivity index (χ2n) is 5.53. The van der Waals surface area contributed by atoms with Gasteiger partial charge < -0.3 is 10.2 Å². The zero-order chi connectivity index (χ0) is 12.8. The van der Waals surface area contributed by atoms with Gasteiger partial charge in [0, 0.05) is 0 Å². The van der Waals surface area contributed by atoms with Gasteiger partial charge in [0.05, 0.1) is 0 Å². The van der Waals surface area contributed by atoms with Gasteiger partial charge in [0.1, 0.15) is 0 Å². The number of rotatable bonds is 5. The minimum absolute atomic E-state index is 0. The Kier molecular flexibility index (Phi) is 7.79. The van der Waals surface area contributed by atoms with Crippen molar-refractivity contribution in [3.05, 3.63) is 41.2 Å². The van der Waals surface area contributed by atoms with Crippen molar-refractivity contribution in [1.82, 2.24) is 4.90 Å². The maximum atomic E-state index is 4.90. The van der Waals surface area contributed by atoms with Crippen LogP contribution in [0.2, 0.25) is 0 Å². The Labute approximate surface area is 130 Å². The average Bonchev–Trinajstić information content (AvgIpc) is 2.40. The van der Waals surface area contributed by atoms with Crippen molar-refractivity contribution in [1.29, 1.82) is 0 Å². The van der Waals surface area contributed by atoms with Crippen molar-refractivity contribution in [3.63, 3.8) is 0 Å². The van der Waals surface area contributed by atoms with Gasteiger partial charge in [0.25, 0.3) is 0 Å². The first kappa shape index (κ1) is 16.8. The summed E-state index contributed by atoms with van der Waals surface area (Å²) in [6.45, 7) is 7.92. The molecule has 1 fully saturated rings. The predicted octanol–water partition coefficient (Wildman–Crippen LogP) is 1.000. The average molecular weight is 252 g/mol. The third-order valence-corrected chi connectivity index (χ3v) is 3.54. The van der Waals surface area contributed by atoms with E-state index in [1.54, 1.807) is 0 Å². The molecule has 1 aromatic rings.